The third kappa shape index (κ3) is 3.65. The summed E-state index contributed by atoms with van der Waals surface area (Å²) >= 11 is 0. The molecule has 23 heavy (non-hydrogen) atoms. The molecule has 1 saturated carbocycles. The van der Waals surface area contributed by atoms with Gasteiger partial charge >= 0.3 is 0 Å². The van der Waals surface area contributed by atoms with Crippen LogP contribution in [-0.2, 0) is 4.79 Å². The number of hydrogen-bond acceptors (Lipinski definition) is 2. The van der Waals surface area contributed by atoms with Crippen molar-refractivity contribution in [3.8, 4) is 0 Å². The fourth-order valence-electron chi connectivity index (χ4n) is 2.73. The molecule has 3 nitrogen and oxygen atoms in total. The first-order valence-electron chi connectivity index (χ1n) is 7.81. The van der Waals surface area contributed by atoms with Crippen molar-refractivity contribution in [1.29, 1.82) is 0 Å². The summed E-state index contributed by atoms with van der Waals surface area (Å²) in [4.78, 5) is 18.4. The molecule has 3 rings (SSSR count). The first-order valence-corrected chi connectivity index (χ1v) is 7.81. The Morgan fingerprint density at radius 2 is 2.09 bits per heavy atom. The standard InChI is InChI=1S/C19H19FN2O/c1-14(17-6-2-3-7-18(17)20)22(16-9-10-16)19(23)11-8-15-5-4-12-21-13-15/h2-8,11-14,16H,9-10H2,1H3/b11-8+. The fourth-order valence-corrected chi connectivity index (χ4v) is 2.73. The van der Waals surface area contributed by atoms with E-state index in [0.717, 1.165) is 18.4 Å². The zero-order valence-electron chi connectivity index (χ0n) is 13.0. The number of hydrogen-bond donors (Lipinski definition) is 0. The predicted molar refractivity (Wildman–Crippen MR) is 88.0 cm³/mol. The van der Waals surface area contributed by atoms with E-state index in [2.05, 4.69) is 4.98 Å². The van der Waals surface area contributed by atoms with Crippen molar-refractivity contribution in [1.82, 2.24) is 9.88 Å². The molecular formula is C19H19FN2O. The molecule has 1 amide bonds. The lowest BCUT2D eigenvalue weighted by Gasteiger charge is -2.29. The second-order valence-corrected chi connectivity index (χ2v) is 5.79. The number of benzene rings is 1. The first kappa shape index (κ1) is 15.4. The van der Waals surface area contributed by atoms with E-state index >= 15 is 0 Å². The normalized spacial score (nSPS) is 15.6. The molecule has 0 N–H and O–H groups in total. The predicted octanol–water partition coefficient (Wildman–Crippen LogP) is 3.99. The molecule has 1 heterocycles. The maximum Gasteiger partial charge on any atom is 0.247 e. The van der Waals surface area contributed by atoms with E-state index in [4.69, 9.17) is 0 Å². The number of rotatable bonds is 5. The van der Waals surface area contributed by atoms with Gasteiger partial charge in [-0.25, -0.2) is 4.39 Å². The summed E-state index contributed by atoms with van der Waals surface area (Å²) in [5, 5.41) is 0. The molecule has 0 bridgehead atoms. The second kappa shape index (κ2) is 6.73. The minimum atomic E-state index is -0.283. The zero-order valence-corrected chi connectivity index (χ0v) is 13.0. The molecule has 1 aliphatic carbocycles. The summed E-state index contributed by atoms with van der Waals surface area (Å²) in [6, 6.07) is 10.3. The summed E-state index contributed by atoms with van der Waals surface area (Å²) < 4.78 is 14.0. The van der Waals surface area contributed by atoms with Crippen molar-refractivity contribution in [3.63, 3.8) is 0 Å². The molecule has 1 aromatic heterocycles. The highest BCUT2D eigenvalue weighted by molar-refractivity contribution is 5.92. The minimum absolute atomic E-state index is 0.0906. The van der Waals surface area contributed by atoms with E-state index in [1.165, 1.54) is 6.07 Å². The molecule has 0 spiro atoms. The number of amides is 1. The van der Waals surface area contributed by atoms with Gasteiger partial charge in [0, 0.05) is 30.1 Å². The van der Waals surface area contributed by atoms with Crippen molar-refractivity contribution in [2.75, 3.05) is 0 Å². The fraction of sp³-hybridized carbons (Fsp3) is 0.263. The molecule has 118 valence electrons. The second-order valence-electron chi connectivity index (χ2n) is 5.79. The van der Waals surface area contributed by atoms with E-state index in [-0.39, 0.29) is 23.8 Å². The Kier molecular flexibility index (Phi) is 4.51. The van der Waals surface area contributed by atoms with Gasteiger partial charge in [-0.15, -0.1) is 0 Å². The lowest BCUT2D eigenvalue weighted by molar-refractivity contribution is -0.128. The zero-order chi connectivity index (χ0) is 16.2. The van der Waals surface area contributed by atoms with Crippen LogP contribution in [0.5, 0.6) is 0 Å². The molecule has 2 aromatic rings. The molecule has 1 atom stereocenters. The molecular weight excluding hydrogens is 291 g/mol. The Hall–Kier alpha value is -2.49. The van der Waals surface area contributed by atoms with E-state index in [9.17, 15) is 9.18 Å². The summed E-state index contributed by atoms with van der Waals surface area (Å²) in [7, 11) is 0. The topological polar surface area (TPSA) is 33.2 Å². The molecule has 1 fully saturated rings. The molecule has 4 heteroatoms. The first-order chi connectivity index (χ1) is 11.2. The van der Waals surface area contributed by atoms with E-state index in [0.29, 0.717) is 5.56 Å². The van der Waals surface area contributed by atoms with Crippen LogP contribution in [0, 0.1) is 5.82 Å². The van der Waals surface area contributed by atoms with Crippen molar-refractivity contribution < 1.29 is 9.18 Å². The van der Waals surface area contributed by atoms with Crippen LogP contribution in [0.15, 0.2) is 54.9 Å². The third-order valence-corrected chi connectivity index (χ3v) is 4.07. The lowest BCUT2D eigenvalue weighted by Crippen LogP contribution is -2.34. The average molecular weight is 310 g/mol. The van der Waals surface area contributed by atoms with Crippen LogP contribution in [0.3, 0.4) is 0 Å². The highest BCUT2D eigenvalue weighted by Crippen LogP contribution is 2.35. The quantitative estimate of drug-likeness (QED) is 0.782. The number of aromatic nitrogens is 1. The maximum absolute atomic E-state index is 14.0. The van der Waals surface area contributed by atoms with Crippen LogP contribution in [0.25, 0.3) is 6.08 Å². The maximum atomic E-state index is 14.0. The van der Waals surface area contributed by atoms with Crippen molar-refractivity contribution in [3.05, 3.63) is 71.8 Å². The summed E-state index contributed by atoms with van der Waals surface area (Å²) in [5.41, 5.74) is 1.43. The summed E-state index contributed by atoms with van der Waals surface area (Å²) in [6.45, 7) is 1.88. The average Bonchev–Trinajstić information content (AvgIpc) is 3.39. The van der Waals surface area contributed by atoms with Gasteiger partial charge in [-0.3, -0.25) is 9.78 Å². The van der Waals surface area contributed by atoms with Gasteiger partial charge in [-0.05, 0) is 43.5 Å². The lowest BCUT2D eigenvalue weighted by atomic mass is 10.1. The van der Waals surface area contributed by atoms with E-state index in [1.807, 2.05) is 19.1 Å². The number of pyridine rings is 1. The monoisotopic (exact) mass is 310 g/mol. The van der Waals surface area contributed by atoms with Crippen molar-refractivity contribution in [2.45, 2.75) is 31.8 Å². The SMILES string of the molecule is CC(c1ccccc1F)N(C(=O)/C=C/c1cccnc1)C1CC1. The van der Waals surface area contributed by atoms with Gasteiger partial charge in [0.1, 0.15) is 5.82 Å². The highest BCUT2D eigenvalue weighted by atomic mass is 19.1. The smallest absolute Gasteiger partial charge is 0.247 e. The van der Waals surface area contributed by atoms with Gasteiger partial charge in [0.05, 0.1) is 6.04 Å². The largest absolute Gasteiger partial charge is 0.329 e. The minimum Gasteiger partial charge on any atom is -0.329 e. The van der Waals surface area contributed by atoms with Gasteiger partial charge in [0.15, 0.2) is 0 Å². The Balaban J connectivity index is 1.80. The number of carbonyl (C=O) groups is 1. The van der Waals surface area contributed by atoms with Crippen LogP contribution >= 0.6 is 0 Å². The van der Waals surface area contributed by atoms with Crippen LogP contribution in [-0.4, -0.2) is 21.8 Å². The molecule has 0 saturated heterocycles. The van der Waals surface area contributed by atoms with Gasteiger partial charge in [-0.1, -0.05) is 24.3 Å². The Morgan fingerprint density at radius 3 is 2.74 bits per heavy atom. The van der Waals surface area contributed by atoms with E-state index in [1.54, 1.807) is 47.6 Å². The van der Waals surface area contributed by atoms with Gasteiger partial charge < -0.3 is 4.90 Å². The van der Waals surface area contributed by atoms with Crippen molar-refractivity contribution >= 4 is 12.0 Å². The van der Waals surface area contributed by atoms with Gasteiger partial charge in [0.25, 0.3) is 0 Å². The Labute approximate surface area is 135 Å². The van der Waals surface area contributed by atoms with Crippen LogP contribution in [0.4, 0.5) is 4.39 Å². The third-order valence-electron chi connectivity index (χ3n) is 4.07. The Bertz CT molecular complexity index is 710. The molecule has 1 aliphatic rings. The molecule has 0 aliphatic heterocycles. The van der Waals surface area contributed by atoms with E-state index < -0.39 is 0 Å². The molecule has 1 aromatic carbocycles. The van der Waals surface area contributed by atoms with Crippen LogP contribution < -0.4 is 0 Å². The number of nitrogens with zero attached hydrogens (tertiary/aromatic N) is 2. The highest BCUT2D eigenvalue weighted by Gasteiger charge is 2.35. The molecule has 1 unspecified atom stereocenters. The number of carbonyl (C=O) groups excluding carboxylic acids is 1. The van der Waals surface area contributed by atoms with Gasteiger partial charge in [-0.2, -0.15) is 0 Å². The van der Waals surface area contributed by atoms with Crippen LogP contribution in [0.2, 0.25) is 0 Å². The molecule has 0 radical (unpaired) electrons. The number of halogens is 1. The Morgan fingerprint density at radius 1 is 1.30 bits per heavy atom. The summed E-state index contributed by atoms with van der Waals surface area (Å²) in [6.07, 6.45) is 8.64. The van der Waals surface area contributed by atoms with Crippen LogP contribution in [0.1, 0.15) is 36.9 Å². The summed E-state index contributed by atoms with van der Waals surface area (Å²) in [5.74, 6) is -0.359. The van der Waals surface area contributed by atoms with Gasteiger partial charge in [0.2, 0.25) is 5.91 Å². The van der Waals surface area contributed by atoms with Crippen molar-refractivity contribution in [2.24, 2.45) is 0 Å².